The zero-order chi connectivity index (χ0) is 21.1. The number of carbonyl (C=O) groups excluding carboxylic acids is 1. The van der Waals surface area contributed by atoms with E-state index < -0.39 is 17.0 Å². The van der Waals surface area contributed by atoms with E-state index in [2.05, 4.69) is 11.0 Å². The molecule has 0 unspecified atom stereocenters. The minimum absolute atomic E-state index is 0.0470. The summed E-state index contributed by atoms with van der Waals surface area (Å²) < 4.78 is 2.00. The Labute approximate surface area is 168 Å². The fourth-order valence-corrected chi connectivity index (χ4v) is 3.62. The van der Waals surface area contributed by atoms with E-state index in [4.69, 9.17) is 5.73 Å². The lowest BCUT2D eigenvalue weighted by atomic mass is 10.1. The van der Waals surface area contributed by atoms with Crippen LogP contribution in [0.4, 0.5) is 11.5 Å². The Hall–Kier alpha value is -3.38. The van der Waals surface area contributed by atoms with Crippen LogP contribution in [-0.2, 0) is 14.1 Å². The van der Waals surface area contributed by atoms with Crippen LogP contribution in [0.5, 0.6) is 0 Å². The number of benzene rings is 1. The van der Waals surface area contributed by atoms with Crippen LogP contribution in [0.3, 0.4) is 0 Å². The summed E-state index contributed by atoms with van der Waals surface area (Å²) in [6.45, 7) is 2.77. The molecule has 29 heavy (non-hydrogen) atoms. The van der Waals surface area contributed by atoms with Crippen LogP contribution in [0.15, 0.2) is 33.9 Å². The predicted octanol–water partition coefficient (Wildman–Crippen LogP) is -0.0671. The second kappa shape index (κ2) is 8.32. The fraction of sp³-hybridized carbons (Fsp3) is 0.400. The topological polar surface area (TPSA) is 117 Å². The van der Waals surface area contributed by atoms with Crippen molar-refractivity contribution in [3.63, 3.8) is 0 Å². The molecule has 3 rings (SSSR count). The summed E-state index contributed by atoms with van der Waals surface area (Å²) in [6.07, 6.45) is 0.813. The second-order valence-electron chi connectivity index (χ2n) is 7.13. The minimum Gasteiger partial charge on any atom is -0.384 e. The SMILES string of the molecule is Cn1c(N)c(C(=O)CN2CCCN(c3ccccc3C#N)CC2)c(=O)n(C)c1=O. The van der Waals surface area contributed by atoms with Gasteiger partial charge >= 0.3 is 5.69 Å². The molecule has 0 spiro atoms. The molecule has 1 fully saturated rings. The monoisotopic (exact) mass is 396 g/mol. The minimum atomic E-state index is -0.671. The first-order valence-corrected chi connectivity index (χ1v) is 9.40. The number of ketones is 1. The van der Waals surface area contributed by atoms with Crippen molar-refractivity contribution in [3.05, 3.63) is 56.2 Å². The zero-order valence-electron chi connectivity index (χ0n) is 16.6. The lowest BCUT2D eigenvalue weighted by Gasteiger charge is -2.24. The van der Waals surface area contributed by atoms with E-state index in [0.717, 1.165) is 27.8 Å². The van der Waals surface area contributed by atoms with Gasteiger partial charge in [-0.1, -0.05) is 12.1 Å². The lowest BCUT2D eigenvalue weighted by Crippen LogP contribution is -2.43. The highest BCUT2D eigenvalue weighted by Gasteiger charge is 2.24. The van der Waals surface area contributed by atoms with Crippen molar-refractivity contribution in [2.45, 2.75) is 6.42 Å². The van der Waals surface area contributed by atoms with Gasteiger partial charge in [-0.25, -0.2) is 4.79 Å². The molecule has 0 atom stereocenters. The number of nitrogen functional groups attached to an aromatic ring is 1. The van der Waals surface area contributed by atoms with Crippen LogP contribution in [0.2, 0.25) is 0 Å². The molecule has 0 aliphatic carbocycles. The number of hydrogen-bond donors (Lipinski definition) is 1. The highest BCUT2D eigenvalue weighted by atomic mass is 16.2. The third kappa shape index (κ3) is 3.93. The van der Waals surface area contributed by atoms with Crippen LogP contribution >= 0.6 is 0 Å². The molecule has 1 aromatic carbocycles. The van der Waals surface area contributed by atoms with Gasteiger partial charge in [0.15, 0.2) is 5.78 Å². The Bertz CT molecular complexity index is 1090. The molecule has 0 bridgehead atoms. The summed E-state index contributed by atoms with van der Waals surface area (Å²) in [4.78, 5) is 41.3. The molecule has 2 aromatic rings. The first kappa shape index (κ1) is 20.4. The number of rotatable bonds is 4. The van der Waals surface area contributed by atoms with Crippen LogP contribution < -0.4 is 21.9 Å². The highest BCUT2D eigenvalue weighted by Crippen LogP contribution is 2.21. The molecule has 0 amide bonds. The maximum Gasteiger partial charge on any atom is 0.332 e. The van der Waals surface area contributed by atoms with E-state index in [1.165, 1.54) is 14.1 Å². The van der Waals surface area contributed by atoms with Gasteiger partial charge in [0.05, 0.1) is 17.8 Å². The van der Waals surface area contributed by atoms with E-state index in [9.17, 15) is 19.6 Å². The van der Waals surface area contributed by atoms with E-state index in [1.54, 1.807) is 6.07 Å². The van der Waals surface area contributed by atoms with E-state index in [1.807, 2.05) is 23.1 Å². The predicted molar refractivity (Wildman–Crippen MR) is 110 cm³/mol. The Morgan fingerprint density at radius 1 is 1.10 bits per heavy atom. The van der Waals surface area contributed by atoms with E-state index in [0.29, 0.717) is 25.2 Å². The van der Waals surface area contributed by atoms with Crippen LogP contribution in [-0.4, -0.2) is 52.5 Å². The van der Waals surface area contributed by atoms with E-state index in [-0.39, 0.29) is 17.9 Å². The van der Waals surface area contributed by atoms with Crippen molar-refractivity contribution in [1.29, 1.82) is 5.26 Å². The molecule has 9 heteroatoms. The molecule has 1 aromatic heterocycles. The van der Waals surface area contributed by atoms with Gasteiger partial charge in [0.1, 0.15) is 17.5 Å². The molecule has 2 heterocycles. The number of anilines is 2. The molecule has 2 N–H and O–H groups in total. The summed E-state index contributed by atoms with van der Waals surface area (Å²) in [5.74, 6) is -0.507. The largest absolute Gasteiger partial charge is 0.384 e. The van der Waals surface area contributed by atoms with Gasteiger partial charge in [0, 0.05) is 40.3 Å². The maximum atomic E-state index is 12.8. The summed E-state index contributed by atoms with van der Waals surface area (Å²) in [5, 5.41) is 9.33. The number of nitrogens with two attached hydrogens (primary N) is 1. The molecule has 152 valence electrons. The Kier molecular flexibility index (Phi) is 5.84. The third-order valence-corrected chi connectivity index (χ3v) is 5.31. The van der Waals surface area contributed by atoms with Gasteiger partial charge in [-0.2, -0.15) is 5.26 Å². The Balaban J connectivity index is 1.76. The molecular formula is C20H24N6O3. The molecule has 0 saturated carbocycles. The highest BCUT2D eigenvalue weighted by molar-refractivity contribution is 6.01. The van der Waals surface area contributed by atoms with Crippen molar-refractivity contribution >= 4 is 17.3 Å². The first-order chi connectivity index (χ1) is 13.8. The number of aromatic nitrogens is 2. The smallest absolute Gasteiger partial charge is 0.332 e. The molecule has 1 aliphatic rings. The van der Waals surface area contributed by atoms with Crippen molar-refractivity contribution in [2.75, 3.05) is 43.4 Å². The van der Waals surface area contributed by atoms with Gasteiger partial charge < -0.3 is 10.6 Å². The lowest BCUT2D eigenvalue weighted by molar-refractivity contribution is 0.0933. The standard InChI is InChI=1S/C20H24N6O3/c1-23-18(22)17(19(28)24(2)20(23)29)16(27)13-25-8-5-9-26(11-10-25)15-7-4-3-6-14(15)12-21/h3-4,6-7H,5,8-11,13,22H2,1-2H3. The van der Waals surface area contributed by atoms with Crippen molar-refractivity contribution < 1.29 is 4.79 Å². The van der Waals surface area contributed by atoms with E-state index >= 15 is 0 Å². The molecule has 9 nitrogen and oxygen atoms in total. The van der Waals surface area contributed by atoms with Crippen molar-refractivity contribution in [2.24, 2.45) is 14.1 Å². The molecule has 1 aliphatic heterocycles. The molecule has 1 saturated heterocycles. The van der Waals surface area contributed by atoms with Gasteiger partial charge in [0.25, 0.3) is 5.56 Å². The number of para-hydroxylation sites is 1. The number of hydrogen-bond acceptors (Lipinski definition) is 7. The third-order valence-electron chi connectivity index (χ3n) is 5.31. The summed E-state index contributed by atoms with van der Waals surface area (Å²) in [5.41, 5.74) is 6.02. The van der Waals surface area contributed by atoms with Crippen LogP contribution in [0, 0.1) is 11.3 Å². The van der Waals surface area contributed by atoms with Gasteiger partial charge in [-0.15, -0.1) is 0 Å². The van der Waals surface area contributed by atoms with Gasteiger partial charge in [0.2, 0.25) is 0 Å². The second-order valence-corrected chi connectivity index (χ2v) is 7.13. The number of nitrogens with zero attached hydrogens (tertiary/aromatic N) is 5. The van der Waals surface area contributed by atoms with Gasteiger partial charge in [-0.05, 0) is 18.6 Å². The first-order valence-electron chi connectivity index (χ1n) is 9.40. The normalized spacial score (nSPS) is 15.0. The average Bonchev–Trinajstić information content (AvgIpc) is 2.96. The quantitative estimate of drug-likeness (QED) is 0.719. The summed E-state index contributed by atoms with van der Waals surface area (Å²) in [7, 11) is 2.77. The molecular weight excluding hydrogens is 372 g/mol. The Morgan fingerprint density at radius 2 is 1.83 bits per heavy atom. The maximum absolute atomic E-state index is 12.8. The van der Waals surface area contributed by atoms with Crippen LogP contribution in [0.1, 0.15) is 22.3 Å². The molecule has 0 radical (unpaired) electrons. The van der Waals surface area contributed by atoms with Crippen molar-refractivity contribution in [3.8, 4) is 6.07 Å². The fourth-order valence-electron chi connectivity index (χ4n) is 3.62. The number of carbonyl (C=O) groups is 1. The Morgan fingerprint density at radius 3 is 2.55 bits per heavy atom. The van der Waals surface area contributed by atoms with Crippen molar-refractivity contribution in [1.82, 2.24) is 14.0 Å². The van der Waals surface area contributed by atoms with Gasteiger partial charge in [-0.3, -0.25) is 23.6 Å². The number of Topliss-reactive ketones (excluding diaryl/α,β-unsaturated/α-hetero) is 1. The summed E-state index contributed by atoms with van der Waals surface area (Å²) >= 11 is 0. The summed E-state index contributed by atoms with van der Waals surface area (Å²) in [6, 6.07) is 9.67. The number of nitriles is 1. The average molecular weight is 396 g/mol. The van der Waals surface area contributed by atoms with Crippen LogP contribution in [0.25, 0.3) is 0 Å². The zero-order valence-corrected chi connectivity index (χ0v) is 16.6.